The predicted octanol–water partition coefficient (Wildman–Crippen LogP) is 5.00. The molecule has 0 aromatic heterocycles. The third-order valence-electron chi connectivity index (χ3n) is 4.14. The van der Waals surface area contributed by atoms with E-state index in [0.29, 0.717) is 26.0 Å². The number of nitrogens with one attached hydrogen (secondary N) is 1. The molecule has 0 radical (unpaired) electrons. The van der Waals surface area contributed by atoms with E-state index >= 15 is 0 Å². The molecule has 0 atom stereocenters. The van der Waals surface area contributed by atoms with Crippen LogP contribution in [0.2, 0.25) is 0 Å². The summed E-state index contributed by atoms with van der Waals surface area (Å²) in [7, 11) is 0. The molecule has 2 aromatic carbocycles. The van der Waals surface area contributed by atoms with Gasteiger partial charge < -0.3 is 10.1 Å². The fourth-order valence-electron chi connectivity index (χ4n) is 2.63. The van der Waals surface area contributed by atoms with E-state index in [2.05, 4.69) is 21.2 Å². The maximum absolute atomic E-state index is 12.3. The highest BCUT2D eigenvalue weighted by Crippen LogP contribution is 2.33. The van der Waals surface area contributed by atoms with Gasteiger partial charge in [-0.2, -0.15) is 0 Å². The molecule has 1 N–H and O–H groups in total. The summed E-state index contributed by atoms with van der Waals surface area (Å²) in [5, 5.41) is 2.79. The molecule has 0 aliphatic carbocycles. The number of ether oxygens (including phenoxy) is 1. The van der Waals surface area contributed by atoms with Crippen molar-refractivity contribution in [2.45, 2.75) is 13.8 Å². The zero-order valence-corrected chi connectivity index (χ0v) is 19.1. The van der Waals surface area contributed by atoms with Gasteiger partial charge in [0.05, 0.1) is 9.38 Å². The van der Waals surface area contributed by atoms with Crippen molar-refractivity contribution in [2.24, 2.45) is 0 Å². The SMILES string of the molecule is CCN1C(=O)/C(=C/c2ccc(OCC(=O)Nc3ccc(C)cc3)c(Br)c2)SC1=S. The Morgan fingerprint density at radius 3 is 2.62 bits per heavy atom. The molecule has 8 heteroatoms. The molecule has 0 spiro atoms. The van der Waals surface area contributed by atoms with Crippen molar-refractivity contribution in [1.82, 2.24) is 4.90 Å². The Labute approximate surface area is 187 Å². The first-order valence-electron chi connectivity index (χ1n) is 8.91. The van der Waals surface area contributed by atoms with E-state index in [-0.39, 0.29) is 18.4 Å². The normalized spacial score (nSPS) is 15.1. The smallest absolute Gasteiger partial charge is 0.266 e. The Balaban J connectivity index is 1.62. The molecular formula is C21H19BrN2O3S2. The minimum Gasteiger partial charge on any atom is -0.483 e. The number of carbonyl (C=O) groups excluding carboxylic acids is 2. The molecule has 2 amide bonds. The summed E-state index contributed by atoms with van der Waals surface area (Å²) in [6.45, 7) is 4.33. The number of anilines is 1. The van der Waals surface area contributed by atoms with Crippen LogP contribution in [0.1, 0.15) is 18.1 Å². The van der Waals surface area contributed by atoms with Gasteiger partial charge in [-0.3, -0.25) is 14.5 Å². The van der Waals surface area contributed by atoms with Crippen LogP contribution >= 0.6 is 39.9 Å². The summed E-state index contributed by atoms with van der Waals surface area (Å²) in [4.78, 5) is 26.6. The van der Waals surface area contributed by atoms with Crippen LogP contribution in [0.25, 0.3) is 6.08 Å². The molecular weight excluding hydrogens is 472 g/mol. The van der Waals surface area contributed by atoms with Crippen molar-refractivity contribution in [3.8, 4) is 5.75 Å². The minimum atomic E-state index is -0.243. The molecule has 0 unspecified atom stereocenters. The van der Waals surface area contributed by atoms with Crippen molar-refractivity contribution < 1.29 is 14.3 Å². The number of thiocarbonyl (C=S) groups is 1. The second kappa shape index (κ2) is 9.56. The highest BCUT2D eigenvalue weighted by Gasteiger charge is 2.30. The number of amides is 2. The first-order chi connectivity index (χ1) is 13.9. The van der Waals surface area contributed by atoms with Crippen LogP contribution in [0.5, 0.6) is 5.75 Å². The van der Waals surface area contributed by atoms with Gasteiger partial charge in [0.15, 0.2) is 6.61 Å². The zero-order chi connectivity index (χ0) is 21.0. The molecule has 150 valence electrons. The largest absolute Gasteiger partial charge is 0.483 e. The third-order valence-corrected chi connectivity index (χ3v) is 6.14. The number of benzene rings is 2. The summed E-state index contributed by atoms with van der Waals surface area (Å²) < 4.78 is 6.88. The number of carbonyl (C=O) groups is 2. The second-order valence-electron chi connectivity index (χ2n) is 6.32. The highest BCUT2D eigenvalue weighted by molar-refractivity contribution is 9.10. The van der Waals surface area contributed by atoms with Crippen LogP contribution in [-0.4, -0.2) is 34.2 Å². The lowest BCUT2D eigenvalue weighted by Gasteiger charge is -2.10. The molecule has 29 heavy (non-hydrogen) atoms. The predicted molar refractivity (Wildman–Crippen MR) is 125 cm³/mol. The first kappa shape index (κ1) is 21.5. The van der Waals surface area contributed by atoms with E-state index in [1.165, 1.54) is 11.8 Å². The van der Waals surface area contributed by atoms with Crippen molar-refractivity contribution in [3.05, 3.63) is 63.0 Å². The number of likely N-dealkylation sites (N-methyl/N-ethyl adjacent to an activating group) is 1. The standard InChI is InChI=1S/C21H19BrN2O3S2/c1-3-24-20(26)18(29-21(24)28)11-14-6-9-17(16(22)10-14)27-12-19(25)23-15-7-4-13(2)5-8-15/h4-11H,3,12H2,1-2H3,(H,23,25)/b18-11-. The van der Waals surface area contributed by atoms with Crippen LogP contribution < -0.4 is 10.1 Å². The summed E-state index contributed by atoms with van der Waals surface area (Å²) in [5.41, 5.74) is 2.69. The monoisotopic (exact) mass is 490 g/mol. The van der Waals surface area contributed by atoms with Crippen LogP contribution in [0, 0.1) is 6.92 Å². The quantitative estimate of drug-likeness (QED) is 0.456. The Morgan fingerprint density at radius 2 is 2.00 bits per heavy atom. The van der Waals surface area contributed by atoms with Gasteiger partial charge in [-0.25, -0.2) is 0 Å². The number of hydrogen-bond acceptors (Lipinski definition) is 5. The average molecular weight is 491 g/mol. The fourth-order valence-corrected chi connectivity index (χ4v) is 4.52. The van der Waals surface area contributed by atoms with Gasteiger partial charge in [0.1, 0.15) is 10.1 Å². The van der Waals surface area contributed by atoms with E-state index in [4.69, 9.17) is 17.0 Å². The van der Waals surface area contributed by atoms with Crippen molar-refractivity contribution in [2.75, 3.05) is 18.5 Å². The van der Waals surface area contributed by atoms with Crippen LogP contribution in [-0.2, 0) is 9.59 Å². The van der Waals surface area contributed by atoms with Crippen LogP contribution in [0.15, 0.2) is 51.8 Å². The molecule has 1 fully saturated rings. The zero-order valence-electron chi connectivity index (χ0n) is 15.9. The lowest BCUT2D eigenvalue weighted by Crippen LogP contribution is -2.27. The highest BCUT2D eigenvalue weighted by atomic mass is 79.9. The number of hydrogen-bond donors (Lipinski definition) is 1. The van der Waals surface area contributed by atoms with Gasteiger partial charge in [0, 0.05) is 12.2 Å². The van der Waals surface area contributed by atoms with Gasteiger partial charge in [-0.05, 0) is 65.7 Å². The molecule has 3 rings (SSSR count). The van der Waals surface area contributed by atoms with Crippen molar-refractivity contribution in [1.29, 1.82) is 0 Å². The van der Waals surface area contributed by atoms with E-state index in [1.54, 1.807) is 17.0 Å². The van der Waals surface area contributed by atoms with Gasteiger partial charge in [0.25, 0.3) is 11.8 Å². The van der Waals surface area contributed by atoms with Crippen LogP contribution in [0.4, 0.5) is 5.69 Å². The van der Waals surface area contributed by atoms with E-state index in [9.17, 15) is 9.59 Å². The number of thioether (sulfide) groups is 1. The molecule has 1 aliphatic heterocycles. The Morgan fingerprint density at radius 1 is 1.28 bits per heavy atom. The molecule has 1 heterocycles. The lowest BCUT2D eigenvalue weighted by molar-refractivity contribution is -0.122. The summed E-state index contributed by atoms with van der Waals surface area (Å²) in [5.74, 6) is 0.224. The second-order valence-corrected chi connectivity index (χ2v) is 8.85. The summed E-state index contributed by atoms with van der Waals surface area (Å²) in [6, 6.07) is 13.0. The van der Waals surface area contributed by atoms with E-state index in [0.717, 1.165) is 16.8 Å². The van der Waals surface area contributed by atoms with E-state index in [1.807, 2.05) is 50.2 Å². The summed E-state index contributed by atoms with van der Waals surface area (Å²) in [6.07, 6.45) is 1.80. The number of aryl methyl sites for hydroxylation is 1. The fraction of sp³-hybridized carbons (Fsp3) is 0.190. The lowest BCUT2D eigenvalue weighted by atomic mass is 10.2. The molecule has 2 aromatic rings. The molecule has 0 bridgehead atoms. The Bertz CT molecular complexity index is 990. The number of halogens is 1. The molecule has 1 aliphatic rings. The van der Waals surface area contributed by atoms with Gasteiger partial charge in [-0.1, -0.05) is 47.7 Å². The van der Waals surface area contributed by atoms with Gasteiger partial charge in [-0.15, -0.1) is 0 Å². The van der Waals surface area contributed by atoms with Crippen LogP contribution in [0.3, 0.4) is 0 Å². The van der Waals surface area contributed by atoms with Crippen molar-refractivity contribution in [3.63, 3.8) is 0 Å². The van der Waals surface area contributed by atoms with Crippen molar-refractivity contribution >= 4 is 67.8 Å². The van der Waals surface area contributed by atoms with E-state index < -0.39 is 0 Å². The number of rotatable bonds is 6. The first-order valence-corrected chi connectivity index (χ1v) is 10.9. The summed E-state index contributed by atoms with van der Waals surface area (Å²) >= 11 is 9.99. The van der Waals surface area contributed by atoms with Gasteiger partial charge >= 0.3 is 0 Å². The van der Waals surface area contributed by atoms with Gasteiger partial charge in [0.2, 0.25) is 0 Å². The molecule has 1 saturated heterocycles. The number of nitrogens with zero attached hydrogens (tertiary/aromatic N) is 1. The maximum atomic E-state index is 12.3. The topological polar surface area (TPSA) is 58.6 Å². The average Bonchev–Trinajstić information content (AvgIpc) is 2.95. The Hall–Kier alpha value is -2.16. The minimum absolute atomic E-state index is 0.0771. The molecule has 0 saturated carbocycles. The third kappa shape index (κ3) is 5.46. The Kier molecular flexibility index (Phi) is 7.10. The maximum Gasteiger partial charge on any atom is 0.266 e. The molecule has 5 nitrogen and oxygen atoms in total.